The van der Waals surface area contributed by atoms with Crippen LogP contribution in [0.5, 0.6) is 11.5 Å². The predicted octanol–water partition coefficient (Wildman–Crippen LogP) is 2.69. The van der Waals surface area contributed by atoms with Crippen molar-refractivity contribution >= 4 is 5.78 Å². The second-order valence-corrected chi connectivity index (χ2v) is 3.33. The van der Waals surface area contributed by atoms with Crippen molar-refractivity contribution in [1.29, 1.82) is 0 Å². The first-order valence-corrected chi connectivity index (χ1v) is 5.59. The van der Waals surface area contributed by atoms with E-state index in [0.717, 1.165) is 0 Å². The van der Waals surface area contributed by atoms with E-state index in [0.29, 0.717) is 30.3 Å². The highest BCUT2D eigenvalue weighted by molar-refractivity contribution is 5.98. The summed E-state index contributed by atoms with van der Waals surface area (Å²) in [6.45, 7) is 4.85. The van der Waals surface area contributed by atoms with Crippen LogP contribution in [0.2, 0.25) is 0 Å². The normalized spacial score (nSPS) is 9.47. The van der Waals surface area contributed by atoms with E-state index in [1.165, 1.54) is 0 Å². The van der Waals surface area contributed by atoms with Crippen LogP contribution in [0.15, 0.2) is 18.2 Å². The highest BCUT2D eigenvalue weighted by Crippen LogP contribution is 2.28. The molecule has 0 N–H and O–H groups in total. The highest BCUT2D eigenvalue weighted by Gasteiger charge is 2.10. The fourth-order valence-electron chi connectivity index (χ4n) is 1.42. The minimum Gasteiger partial charge on any atom is -0.490 e. The molecule has 3 heteroatoms. The van der Waals surface area contributed by atoms with Crippen LogP contribution in [0.1, 0.15) is 30.6 Å². The van der Waals surface area contributed by atoms with Crippen molar-refractivity contribution in [2.24, 2.45) is 0 Å². The van der Waals surface area contributed by atoms with Crippen molar-refractivity contribution in [3.63, 3.8) is 0 Å². The minimum atomic E-state index is -0.0866. The number of benzene rings is 1. The Hall–Kier alpha value is -1.95. The van der Waals surface area contributed by atoms with Crippen molar-refractivity contribution in [3.05, 3.63) is 23.8 Å². The maximum Gasteiger partial charge on any atom is 0.174 e. The molecule has 0 aliphatic heterocycles. The molecule has 0 saturated heterocycles. The lowest BCUT2D eigenvalue weighted by molar-refractivity contribution is 0.0997. The molecule has 90 valence electrons. The summed E-state index contributed by atoms with van der Waals surface area (Å²) in [6.07, 6.45) is 5.21. The summed E-state index contributed by atoms with van der Waals surface area (Å²) >= 11 is 0. The zero-order chi connectivity index (χ0) is 12.7. The number of hydrogen-bond donors (Lipinski definition) is 0. The van der Waals surface area contributed by atoms with Crippen LogP contribution in [0, 0.1) is 12.3 Å². The van der Waals surface area contributed by atoms with Gasteiger partial charge in [-0.05, 0) is 32.0 Å². The van der Waals surface area contributed by atoms with E-state index in [1.54, 1.807) is 18.2 Å². The first-order chi connectivity index (χ1) is 8.22. The van der Waals surface area contributed by atoms with Gasteiger partial charge in [-0.25, -0.2) is 0 Å². The van der Waals surface area contributed by atoms with Crippen molar-refractivity contribution in [2.75, 3.05) is 13.2 Å². The lowest BCUT2D eigenvalue weighted by atomic mass is 10.1. The average Bonchev–Trinajstić information content (AvgIpc) is 2.32. The summed E-state index contributed by atoms with van der Waals surface area (Å²) in [4.78, 5) is 11.6. The van der Waals surface area contributed by atoms with E-state index in [9.17, 15) is 4.79 Å². The zero-order valence-electron chi connectivity index (χ0n) is 10.2. The Bertz CT molecular complexity index is 430. The van der Waals surface area contributed by atoms with Gasteiger partial charge in [-0.1, -0.05) is 5.92 Å². The molecule has 0 atom stereocenters. The average molecular weight is 232 g/mol. The number of ketones is 1. The molecule has 0 amide bonds. The minimum absolute atomic E-state index is 0.0866. The molecule has 1 aromatic rings. The number of hydrogen-bond acceptors (Lipinski definition) is 3. The molecule has 0 unspecified atom stereocenters. The number of ether oxygens (including phenoxy) is 2. The zero-order valence-corrected chi connectivity index (χ0v) is 10.2. The van der Waals surface area contributed by atoms with E-state index in [4.69, 9.17) is 15.9 Å². The number of carbonyl (C=O) groups excluding carboxylic acids is 1. The van der Waals surface area contributed by atoms with Gasteiger partial charge in [0.15, 0.2) is 17.3 Å². The van der Waals surface area contributed by atoms with E-state index in [-0.39, 0.29) is 12.2 Å². The first-order valence-electron chi connectivity index (χ1n) is 5.59. The molecule has 1 rings (SSSR count). The van der Waals surface area contributed by atoms with E-state index < -0.39 is 0 Å². The Morgan fingerprint density at radius 2 is 1.88 bits per heavy atom. The summed E-state index contributed by atoms with van der Waals surface area (Å²) in [5, 5.41) is 0. The summed E-state index contributed by atoms with van der Waals surface area (Å²) in [5.74, 6) is 3.47. The monoisotopic (exact) mass is 232 g/mol. The van der Waals surface area contributed by atoms with Gasteiger partial charge in [0.2, 0.25) is 0 Å². The van der Waals surface area contributed by atoms with Crippen molar-refractivity contribution in [3.8, 4) is 23.8 Å². The predicted molar refractivity (Wildman–Crippen MR) is 66.6 cm³/mol. The van der Waals surface area contributed by atoms with E-state index >= 15 is 0 Å². The fraction of sp³-hybridized carbons (Fsp3) is 0.357. The van der Waals surface area contributed by atoms with Gasteiger partial charge in [-0.3, -0.25) is 4.79 Å². The molecule has 0 spiro atoms. The molecule has 17 heavy (non-hydrogen) atoms. The number of terminal acetylenes is 1. The molecule has 0 saturated carbocycles. The summed E-state index contributed by atoms with van der Waals surface area (Å²) in [5.41, 5.74) is 0.551. The molecule has 1 aromatic carbocycles. The van der Waals surface area contributed by atoms with Crippen molar-refractivity contribution in [1.82, 2.24) is 0 Å². The third-order valence-electron chi connectivity index (χ3n) is 2.13. The molecule has 0 aromatic heterocycles. The molecule has 0 heterocycles. The SMILES string of the molecule is C#CCC(=O)c1ccc(OCC)c(OCC)c1. The Kier molecular flexibility index (Phi) is 5.09. The second kappa shape index (κ2) is 6.59. The van der Waals surface area contributed by atoms with Crippen molar-refractivity contribution < 1.29 is 14.3 Å². The molecular formula is C14H16O3. The third-order valence-corrected chi connectivity index (χ3v) is 2.13. The quantitative estimate of drug-likeness (QED) is 0.558. The van der Waals surface area contributed by atoms with Crippen LogP contribution >= 0.6 is 0 Å². The first kappa shape index (κ1) is 13.1. The largest absolute Gasteiger partial charge is 0.490 e. The summed E-state index contributed by atoms with van der Waals surface area (Å²) in [7, 11) is 0. The lowest BCUT2D eigenvalue weighted by Gasteiger charge is -2.11. The maximum atomic E-state index is 11.6. The second-order valence-electron chi connectivity index (χ2n) is 3.33. The number of rotatable bonds is 6. The Morgan fingerprint density at radius 3 is 2.47 bits per heavy atom. The molecule has 0 bridgehead atoms. The van der Waals surface area contributed by atoms with Gasteiger partial charge in [0, 0.05) is 5.56 Å². The molecule has 0 aliphatic rings. The van der Waals surface area contributed by atoms with E-state index in [1.807, 2.05) is 13.8 Å². The smallest absolute Gasteiger partial charge is 0.174 e. The van der Waals surface area contributed by atoms with Gasteiger partial charge >= 0.3 is 0 Å². The Balaban J connectivity index is 3.00. The van der Waals surface area contributed by atoms with Gasteiger partial charge in [0.05, 0.1) is 19.6 Å². The van der Waals surface area contributed by atoms with Crippen LogP contribution < -0.4 is 9.47 Å². The molecular weight excluding hydrogens is 216 g/mol. The van der Waals surface area contributed by atoms with Gasteiger partial charge in [-0.15, -0.1) is 6.42 Å². The van der Waals surface area contributed by atoms with Crippen LogP contribution in [-0.4, -0.2) is 19.0 Å². The van der Waals surface area contributed by atoms with Gasteiger partial charge in [-0.2, -0.15) is 0 Å². The molecule has 3 nitrogen and oxygen atoms in total. The van der Waals surface area contributed by atoms with E-state index in [2.05, 4.69) is 5.92 Å². The lowest BCUT2D eigenvalue weighted by Crippen LogP contribution is -2.02. The molecule has 0 aliphatic carbocycles. The van der Waals surface area contributed by atoms with Crippen LogP contribution in [0.4, 0.5) is 0 Å². The standard InChI is InChI=1S/C14H16O3/c1-4-7-12(15)11-8-9-13(16-5-2)14(10-11)17-6-3/h1,8-10H,5-7H2,2-3H3. The van der Waals surface area contributed by atoms with Crippen LogP contribution in [0.25, 0.3) is 0 Å². The maximum absolute atomic E-state index is 11.6. The van der Waals surface area contributed by atoms with Crippen LogP contribution in [-0.2, 0) is 0 Å². The summed E-state index contributed by atoms with van der Waals surface area (Å²) in [6, 6.07) is 5.11. The van der Waals surface area contributed by atoms with Gasteiger partial charge in [0.1, 0.15) is 0 Å². The highest BCUT2D eigenvalue weighted by atomic mass is 16.5. The van der Waals surface area contributed by atoms with Crippen molar-refractivity contribution in [2.45, 2.75) is 20.3 Å². The van der Waals surface area contributed by atoms with Crippen LogP contribution in [0.3, 0.4) is 0 Å². The molecule has 0 radical (unpaired) electrons. The number of Topliss-reactive ketones (excluding diaryl/α,β-unsaturated/α-hetero) is 1. The Morgan fingerprint density at radius 1 is 1.24 bits per heavy atom. The third kappa shape index (κ3) is 3.53. The Labute approximate surface area is 102 Å². The summed E-state index contributed by atoms with van der Waals surface area (Å²) < 4.78 is 10.8. The fourth-order valence-corrected chi connectivity index (χ4v) is 1.42. The molecule has 0 fully saturated rings. The van der Waals surface area contributed by atoms with Gasteiger partial charge in [0.25, 0.3) is 0 Å². The topological polar surface area (TPSA) is 35.5 Å². The number of carbonyl (C=O) groups is 1. The van der Waals surface area contributed by atoms with Gasteiger partial charge < -0.3 is 9.47 Å².